The van der Waals surface area contributed by atoms with Gasteiger partial charge in [0.25, 0.3) is 0 Å². The molecule has 351 valence electrons. The Labute approximate surface area is 421 Å². The van der Waals surface area contributed by atoms with Crippen LogP contribution in [0.15, 0.2) is 162 Å². The van der Waals surface area contributed by atoms with Crippen LogP contribution in [0.1, 0.15) is 82.5 Å². The van der Waals surface area contributed by atoms with Crippen molar-refractivity contribution >= 4 is 33.0 Å². The number of hydrogen-bond donors (Lipinski definition) is 0. The summed E-state index contributed by atoms with van der Waals surface area (Å²) in [6.07, 6.45) is -7.18. The van der Waals surface area contributed by atoms with Crippen molar-refractivity contribution in [3.8, 4) is 50.6 Å². The Balaban J connectivity index is 0.000000224. The Morgan fingerprint density at radius 2 is 1.38 bits per heavy atom. The number of imidazole rings is 1. The van der Waals surface area contributed by atoms with Crippen LogP contribution in [-0.4, -0.2) is 20.7 Å². The number of benzene rings is 7. The van der Waals surface area contributed by atoms with Crippen molar-refractivity contribution in [3.63, 3.8) is 0 Å². The summed E-state index contributed by atoms with van der Waals surface area (Å²) in [6.45, 7) is 7.60. The van der Waals surface area contributed by atoms with Gasteiger partial charge in [-0.05, 0) is 106 Å². The number of hydrogen-bond acceptors (Lipinski definition) is 3. The molecule has 0 saturated carbocycles. The normalized spacial score (nSPS) is 13.4. The number of rotatable bonds is 9. The average molecular weight is 1100 g/mol. The maximum Gasteiger partial charge on any atom is 0.394 e. The second kappa shape index (κ2) is 19.7. The zero-order valence-electron chi connectivity index (χ0n) is 43.8. The van der Waals surface area contributed by atoms with Gasteiger partial charge in [0.2, 0.25) is 0 Å². The fourth-order valence-corrected chi connectivity index (χ4v) is 8.43. The van der Waals surface area contributed by atoms with Crippen LogP contribution in [0.25, 0.3) is 83.6 Å². The minimum atomic E-state index is -4.94. The number of nitrogens with zero attached hydrogens (tertiary/aromatic N) is 3. The fraction of sp³-hybridized carbons (Fsp3) is 0.200. The van der Waals surface area contributed by atoms with Crippen molar-refractivity contribution in [2.45, 2.75) is 72.8 Å². The van der Waals surface area contributed by atoms with Gasteiger partial charge in [-0.1, -0.05) is 143 Å². The first-order valence-corrected chi connectivity index (χ1v) is 22.5. The molecule has 7 aromatic carbocycles. The number of halogens is 4. The summed E-state index contributed by atoms with van der Waals surface area (Å²) in [5, 5.41) is 2.15. The first-order valence-electron chi connectivity index (χ1n) is 25.0. The Hall–Kier alpha value is -6.67. The predicted octanol–water partition coefficient (Wildman–Crippen LogP) is 17.1. The Kier molecular flexibility index (Phi) is 12.1. The average Bonchev–Trinajstić information content (AvgIpc) is 3.94. The first-order chi connectivity index (χ1) is 34.6. The molecule has 0 atom stereocenters. The zero-order valence-corrected chi connectivity index (χ0v) is 41.2. The fourth-order valence-electron chi connectivity index (χ4n) is 8.43. The molecule has 0 spiro atoms. The number of furan rings is 1. The van der Waals surface area contributed by atoms with Gasteiger partial charge < -0.3 is 14.0 Å². The molecule has 3 heterocycles. The van der Waals surface area contributed by atoms with Gasteiger partial charge in [0.1, 0.15) is 5.58 Å². The minimum absolute atomic E-state index is 0. The standard InChI is InChI=1S/C43H35N2O.C17H16F4N.Ir/c1-27(2)36-24-32(30-16-9-6-10-17-30)25-37(28(3)4)41(36)45-39-21-12-11-20-38(39)44-43(45)35-19-13-18-34-33-23-22-31(26-40(33)46-42(34)35)29-14-7-5-8-15-29;1-11-10-22-15(12-4-6-14(18)7-5-12)8-13(11)9-16(2,3)17(19,20)21;/h5-18,20-28H,1-4H3;4,6-8,10H,9H2,1-3H3;/q2*-1;/i;1D3,9D2;. The molecule has 0 aliphatic carbocycles. The number of aromatic nitrogens is 3. The topological polar surface area (TPSA) is 43.9 Å². The molecule has 0 fully saturated rings. The quantitative estimate of drug-likeness (QED) is 0.107. The molecular weight excluding hydrogens is 1050 g/mol. The van der Waals surface area contributed by atoms with E-state index in [-0.39, 0.29) is 43.2 Å². The van der Waals surface area contributed by atoms with Gasteiger partial charge in [0.05, 0.1) is 27.9 Å². The van der Waals surface area contributed by atoms with Gasteiger partial charge >= 0.3 is 6.18 Å². The van der Waals surface area contributed by atoms with Crippen molar-refractivity contribution in [1.82, 2.24) is 14.5 Å². The summed E-state index contributed by atoms with van der Waals surface area (Å²) in [6, 6.07) is 55.3. The van der Waals surface area contributed by atoms with E-state index < -0.39 is 41.8 Å². The molecule has 69 heavy (non-hydrogen) atoms. The molecule has 0 N–H and O–H groups in total. The number of fused-ring (bicyclic) bond motifs is 4. The van der Waals surface area contributed by atoms with E-state index in [0.29, 0.717) is 13.8 Å². The Morgan fingerprint density at radius 3 is 2.00 bits per heavy atom. The molecule has 0 aliphatic heterocycles. The summed E-state index contributed by atoms with van der Waals surface area (Å²) < 4.78 is 101. The van der Waals surface area contributed by atoms with Crippen LogP contribution in [-0.2, 0) is 26.5 Å². The molecule has 10 aromatic rings. The van der Waals surface area contributed by atoms with Crippen LogP contribution in [0.2, 0.25) is 0 Å². The monoisotopic (exact) mass is 1100 g/mol. The van der Waals surface area contributed by atoms with Crippen molar-refractivity contribution < 1.29 is 48.9 Å². The summed E-state index contributed by atoms with van der Waals surface area (Å²) >= 11 is 0. The number of aryl methyl sites for hydroxylation is 1. The summed E-state index contributed by atoms with van der Waals surface area (Å²) in [5.74, 6) is 0.817. The van der Waals surface area contributed by atoms with Crippen LogP contribution >= 0.6 is 0 Å². The second-order valence-electron chi connectivity index (χ2n) is 18.0. The summed E-state index contributed by atoms with van der Waals surface area (Å²) in [5.41, 5.74) is 9.11. The first kappa shape index (κ1) is 42.4. The molecule has 0 unspecified atom stereocenters. The van der Waals surface area contributed by atoms with Crippen molar-refractivity contribution in [3.05, 3.63) is 198 Å². The zero-order chi connectivity index (χ0) is 52.2. The molecule has 1 radical (unpaired) electrons. The molecule has 0 aliphatic rings. The largest absolute Gasteiger partial charge is 0.501 e. The Morgan fingerprint density at radius 1 is 0.725 bits per heavy atom. The molecule has 0 saturated heterocycles. The number of para-hydroxylation sites is 2. The van der Waals surface area contributed by atoms with E-state index in [0.717, 1.165) is 74.3 Å². The molecule has 0 bridgehead atoms. The van der Waals surface area contributed by atoms with Crippen molar-refractivity contribution in [2.75, 3.05) is 0 Å². The van der Waals surface area contributed by atoms with Crippen molar-refractivity contribution in [1.29, 1.82) is 0 Å². The van der Waals surface area contributed by atoms with Gasteiger partial charge in [-0.15, -0.1) is 48.0 Å². The van der Waals surface area contributed by atoms with Crippen LogP contribution in [0.4, 0.5) is 17.6 Å². The van der Waals surface area contributed by atoms with Crippen LogP contribution in [0.3, 0.4) is 0 Å². The van der Waals surface area contributed by atoms with Gasteiger partial charge in [-0.25, -0.2) is 0 Å². The third-order valence-corrected chi connectivity index (χ3v) is 12.2. The molecular formula is C60H51F4IrN3O-2. The van der Waals surface area contributed by atoms with E-state index in [9.17, 15) is 17.6 Å². The second-order valence-corrected chi connectivity index (χ2v) is 18.0. The van der Waals surface area contributed by atoms with Crippen LogP contribution in [0.5, 0.6) is 0 Å². The van der Waals surface area contributed by atoms with E-state index >= 15 is 0 Å². The molecule has 0 amide bonds. The van der Waals surface area contributed by atoms with Gasteiger partial charge in [0, 0.05) is 50.0 Å². The van der Waals surface area contributed by atoms with Crippen LogP contribution < -0.4 is 0 Å². The predicted molar refractivity (Wildman–Crippen MR) is 268 cm³/mol. The number of pyridine rings is 1. The molecule has 3 aromatic heterocycles. The molecule has 9 heteroatoms. The third kappa shape index (κ3) is 9.81. The minimum Gasteiger partial charge on any atom is -0.501 e. The summed E-state index contributed by atoms with van der Waals surface area (Å²) in [4.78, 5) is 9.20. The summed E-state index contributed by atoms with van der Waals surface area (Å²) in [7, 11) is 0. The SMILES string of the molecule is CC(C)c1cc(-c2ccccc2)cc(C(C)C)c1-n1c(-c2[c-]ccc3c2oc2cc(-c4ccccc4)ccc23)nc2ccccc21.[2H]C([2H])([2H])c1cnc(-c2[c-]cc(F)cc2)cc1C([2H])([2H])C(C)(C)C(F)(F)F.[Ir]. The van der Waals surface area contributed by atoms with E-state index in [1.807, 2.05) is 12.1 Å². The van der Waals surface area contributed by atoms with Crippen LogP contribution in [0, 0.1) is 30.2 Å². The van der Waals surface area contributed by atoms with Gasteiger partial charge in [-0.3, -0.25) is 9.37 Å². The molecule has 10 rings (SSSR count). The van der Waals surface area contributed by atoms with Gasteiger partial charge in [0.15, 0.2) is 0 Å². The maximum absolute atomic E-state index is 13.5. The maximum atomic E-state index is 13.5. The molecule has 4 nitrogen and oxygen atoms in total. The van der Waals surface area contributed by atoms with E-state index in [1.165, 1.54) is 39.6 Å². The third-order valence-electron chi connectivity index (χ3n) is 12.2. The van der Waals surface area contributed by atoms with Gasteiger partial charge in [-0.2, -0.15) is 13.2 Å². The van der Waals surface area contributed by atoms with E-state index in [2.05, 4.69) is 165 Å². The number of alkyl halides is 3. The van der Waals surface area contributed by atoms with Crippen molar-refractivity contribution in [2.24, 2.45) is 5.41 Å². The Bertz CT molecular complexity index is 3600. The smallest absolute Gasteiger partial charge is 0.394 e. The van der Waals surface area contributed by atoms with E-state index in [1.54, 1.807) is 0 Å². The van der Waals surface area contributed by atoms with E-state index in [4.69, 9.17) is 16.3 Å².